The molecule has 1 atom stereocenters. The number of aryl methyl sites for hydroxylation is 2. The summed E-state index contributed by atoms with van der Waals surface area (Å²) < 4.78 is 21.6. The lowest BCUT2D eigenvalue weighted by molar-refractivity contribution is -0.125. The quantitative estimate of drug-likeness (QED) is 0.494. The zero-order valence-electron chi connectivity index (χ0n) is 19.3. The van der Waals surface area contributed by atoms with E-state index in [9.17, 15) is 9.59 Å². The zero-order chi connectivity index (χ0) is 24.0. The number of nitrogens with one attached hydrogen (secondary N) is 1. The molecule has 33 heavy (non-hydrogen) atoms. The number of benzene rings is 3. The molecule has 7 nitrogen and oxygen atoms in total. The van der Waals surface area contributed by atoms with E-state index in [1.807, 2.05) is 38.1 Å². The van der Waals surface area contributed by atoms with E-state index in [0.29, 0.717) is 22.7 Å². The van der Waals surface area contributed by atoms with E-state index in [1.165, 1.54) is 33.5 Å². The topological polar surface area (TPSA) is 83.1 Å². The molecule has 0 saturated carbocycles. The summed E-state index contributed by atoms with van der Waals surface area (Å²) in [6.45, 7) is 3.89. The van der Waals surface area contributed by atoms with E-state index in [1.54, 1.807) is 24.3 Å². The van der Waals surface area contributed by atoms with Crippen molar-refractivity contribution in [1.29, 1.82) is 0 Å². The molecule has 0 heterocycles. The van der Waals surface area contributed by atoms with Crippen molar-refractivity contribution in [1.82, 2.24) is 0 Å². The van der Waals surface area contributed by atoms with Crippen LogP contribution in [0.1, 0.15) is 33.2 Å². The van der Waals surface area contributed by atoms with Crippen LogP contribution in [0, 0.1) is 13.8 Å². The largest absolute Gasteiger partial charge is 0.496 e. The molecule has 0 fully saturated rings. The van der Waals surface area contributed by atoms with Crippen molar-refractivity contribution in [3.8, 4) is 17.2 Å². The van der Waals surface area contributed by atoms with Crippen molar-refractivity contribution in [2.24, 2.45) is 0 Å². The van der Waals surface area contributed by atoms with Gasteiger partial charge in [-0.2, -0.15) is 0 Å². The fourth-order valence-electron chi connectivity index (χ4n) is 3.51. The fourth-order valence-corrected chi connectivity index (χ4v) is 3.51. The molecule has 0 aliphatic rings. The zero-order valence-corrected chi connectivity index (χ0v) is 19.3. The van der Waals surface area contributed by atoms with Gasteiger partial charge in [-0.25, -0.2) is 4.79 Å². The highest BCUT2D eigenvalue weighted by Crippen LogP contribution is 2.36. The Hall–Kier alpha value is -4.00. The summed E-state index contributed by atoms with van der Waals surface area (Å²) in [6, 6.07) is 17.5. The van der Waals surface area contributed by atoms with E-state index < -0.39 is 18.0 Å². The highest BCUT2D eigenvalue weighted by Gasteiger charge is 2.28. The van der Waals surface area contributed by atoms with E-state index in [4.69, 9.17) is 18.9 Å². The van der Waals surface area contributed by atoms with Gasteiger partial charge in [-0.3, -0.25) is 4.79 Å². The van der Waals surface area contributed by atoms with Crippen LogP contribution in [0.2, 0.25) is 0 Å². The van der Waals surface area contributed by atoms with E-state index >= 15 is 0 Å². The van der Waals surface area contributed by atoms with Crippen LogP contribution in [-0.4, -0.2) is 33.2 Å². The van der Waals surface area contributed by atoms with Gasteiger partial charge in [-0.15, -0.1) is 0 Å². The Kier molecular flexibility index (Phi) is 7.56. The predicted octanol–water partition coefficient (Wildman–Crippen LogP) is 4.87. The Morgan fingerprint density at radius 1 is 0.758 bits per heavy atom. The number of carbonyl (C=O) groups excluding carboxylic acids is 2. The van der Waals surface area contributed by atoms with Gasteiger partial charge >= 0.3 is 5.97 Å². The molecule has 7 heteroatoms. The lowest BCUT2D eigenvalue weighted by Gasteiger charge is -2.20. The SMILES string of the molecule is COc1cc(OC)c(C(=O)OC(C(=O)Nc2cc(C)cc(C)c2)c2ccccc2)cc1OC. The normalized spacial score (nSPS) is 11.3. The standard InChI is InChI=1S/C26H27NO6/c1-16-11-17(2)13-19(12-16)27-25(28)24(18-9-7-6-8-10-18)33-26(29)20-14-22(31-4)23(32-5)15-21(20)30-3/h6-15,24H,1-5H3,(H,27,28). The van der Waals surface area contributed by atoms with Gasteiger partial charge in [0, 0.05) is 23.4 Å². The highest BCUT2D eigenvalue weighted by atomic mass is 16.6. The van der Waals surface area contributed by atoms with Crippen LogP contribution in [0.3, 0.4) is 0 Å². The van der Waals surface area contributed by atoms with Crippen molar-refractivity contribution >= 4 is 17.6 Å². The fraction of sp³-hybridized carbons (Fsp3) is 0.231. The maximum atomic E-state index is 13.2. The molecule has 0 spiro atoms. The van der Waals surface area contributed by atoms with Crippen molar-refractivity contribution in [2.75, 3.05) is 26.6 Å². The Bertz CT molecular complexity index is 1120. The van der Waals surface area contributed by atoms with Crippen LogP contribution in [0.5, 0.6) is 17.2 Å². The van der Waals surface area contributed by atoms with Gasteiger partial charge in [-0.1, -0.05) is 36.4 Å². The molecule has 3 aromatic rings. The number of amides is 1. The molecule has 1 unspecified atom stereocenters. The Morgan fingerprint density at radius 3 is 1.91 bits per heavy atom. The highest BCUT2D eigenvalue weighted by molar-refractivity contribution is 5.99. The molecular formula is C26H27NO6. The summed E-state index contributed by atoms with van der Waals surface area (Å²) >= 11 is 0. The van der Waals surface area contributed by atoms with Crippen molar-refractivity contribution in [2.45, 2.75) is 20.0 Å². The Labute approximate surface area is 193 Å². The number of hydrogen-bond donors (Lipinski definition) is 1. The third-order valence-electron chi connectivity index (χ3n) is 4.98. The summed E-state index contributed by atoms with van der Waals surface area (Å²) in [5.74, 6) is -0.241. The van der Waals surface area contributed by atoms with Gasteiger partial charge in [0.2, 0.25) is 6.10 Å². The molecule has 0 bridgehead atoms. The summed E-state index contributed by atoms with van der Waals surface area (Å²) in [4.78, 5) is 26.4. The second-order valence-corrected chi connectivity index (χ2v) is 7.47. The molecule has 0 aliphatic carbocycles. The number of carbonyl (C=O) groups is 2. The molecule has 0 radical (unpaired) electrons. The molecule has 0 aromatic heterocycles. The van der Waals surface area contributed by atoms with Gasteiger partial charge in [-0.05, 0) is 37.1 Å². The van der Waals surface area contributed by atoms with Gasteiger partial charge in [0.05, 0.1) is 21.3 Å². The van der Waals surface area contributed by atoms with E-state index in [2.05, 4.69) is 5.32 Å². The third kappa shape index (κ3) is 5.63. The Balaban J connectivity index is 1.94. The maximum absolute atomic E-state index is 13.2. The lowest BCUT2D eigenvalue weighted by atomic mass is 10.1. The number of esters is 1. The second-order valence-electron chi connectivity index (χ2n) is 7.47. The molecule has 3 rings (SSSR count). The van der Waals surface area contributed by atoms with Crippen LogP contribution in [0.4, 0.5) is 5.69 Å². The summed E-state index contributed by atoms with van der Waals surface area (Å²) in [5.41, 5.74) is 3.28. The first-order valence-electron chi connectivity index (χ1n) is 10.3. The molecule has 1 N–H and O–H groups in total. The second kappa shape index (κ2) is 10.5. The van der Waals surface area contributed by atoms with E-state index in [0.717, 1.165) is 11.1 Å². The monoisotopic (exact) mass is 449 g/mol. The summed E-state index contributed by atoms with van der Waals surface area (Å²) in [7, 11) is 4.38. The van der Waals surface area contributed by atoms with Crippen LogP contribution >= 0.6 is 0 Å². The Morgan fingerprint density at radius 2 is 1.33 bits per heavy atom. The van der Waals surface area contributed by atoms with Crippen LogP contribution < -0.4 is 19.5 Å². The summed E-state index contributed by atoms with van der Waals surface area (Å²) in [5, 5.41) is 2.86. The van der Waals surface area contributed by atoms with Crippen molar-refractivity contribution in [3.63, 3.8) is 0 Å². The molecular weight excluding hydrogens is 422 g/mol. The van der Waals surface area contributed by atoms with Gasteiger partial charge < -0.3 is 24.3 Å². The molecule has 0 saturated heterocycles. The van der Waals surface area contributed by atoms with E-state index in [-0.39, 0.29) is 11.3 Å². The van der Waals surface area contributed by atoms with Crippen molar-refractivity contribution < 1.29 is 28.5 Å². The minimum atomic E-state index is -1.18. The molecule has 3 aromatic carbocycles. The van der Waals surface area contributed by atoms with Crippen LogP contribution in [-0.2, 0) is 9.53 Å². The third-order valence-corrected chi connectivity index (χ3v) is 4.98. The van der Waals surface area contributed by atoms with Crippen LogP contribution in [0.25, 0.3) is 0 Å². The first kappa shape index (κ1) is 23.7. The summed E-state index contributed by atoms with van der Waals surface area (Å²) in [6.07, 6.45) is -1.18. The first-order chi connectivity index (χ1) is 15.9. The number of rotatable bonds is 8. The average molecular weight is 450 g/mol. The number of methoxy groups -OCH3 is 3. The minimum absolute atomic E-state index is 0.107. The number of anilines is 1. The number of ether oxygens (including phenoxy) is 4. The smallest absolute Gasteiger partial charge is 0.343 e. The van der Waals surface area contributed by atoms with Gasteiger partial charge in [0.25, 0.3) is 5.91 Å². The molecule has 172 valence electrons. The van der Waals surface area contributed by atoms with Crippen LogP contribution in [0.15, 0.2) is 60.7 Å². The maximum Gasteiger partial charge on any atom is 0.343 e. The van der Waals surface area contributed by atoms with Gasteiger partial charge in [0.1, 0.15) is 11.3 Å². The average Bonchev–Trinajstić information content (AvgIpc) is 2.81. The first-order valence-corrected chi connectivity index (χ1v) is 10.3. The predicted molar refractivity (Wildman–Crippen MR) is 125 cm³/mol. The minimum Gasteiger partial charge on any atom is -0.496 e. The van der Waals surface area contributed by atoms with Gasteiger partial charge in [0.15, 0.2) is 11.5 Å². The van der Waals surface area contributed by atoms with Crippen molar-refractivity contribution in [3.05, 3.63) is 82.9 Å². The number of hydrogen-bond acceptors (Lipinski definition) is 6. The lowest BCUT2D eigenvalue weighted by Crippen LogP contribution is -2.26. The molecule has 0 aliphatic heterocycles. The molecule has 1 amide bonds.